The zero-order valence-corrected chi connectivity index (χ0v) is 20.8. The molecule has 1 aliphatic carbocycles. The number of halogens is 1. The predicted molar refractivity (Wildman–Crippen MR) is 136 cm³/mol. The van der Waals surface area contributed by atoms with E-state index in [1.165, 1.54) is 16.2 Å². The molecule has 0 spiro atoms. The Balaban J connectivity index is 1.62. The van der Waals surface area contributed by atoms with E-state index in [0.29, 0.717) is 33.6 Å². The smallest absolute Gasteiger partial charge is 0.256 e. The van der Waals surface area contributed by atoms with Crippen molar-refractivity contribution in [1.29, 1.82) is 0 Å². The number of nitrogens with one attached hydrogen (secondary N) is 2. The van der Waals surface area contributed by atoms with Crippen molar-refractivity contribution in [2.24, 2.45) is 11.3 Å². The second kappa shape index (κ2) is 9.70. The fourth-order valence-corrected chi connectivity index (χ4v) is 5.74. The van der Waals surface area contributed by atoms with Gasteiger partial charge < -0.3 is 10.6 Å². The molecular formula is C27H29ClN2O2S. The molecule has 0 radical (unpaired) electrons. The lowest BCUT2D eigenvalue weighted by molar-refractivity contribution is 0.0950. The standard InChI is InChI=1S/C27H29ClN2O2S/c1-27(2,3)19-11-14-21-22(15-19)33-26(30-24(31)18-9-12-20(28)13-10-18)23(21)25(32)29-16-17-7-5-4-6-8-17/h4-10,12-13,19H,11,14-16H2,1-3H3,(H,29,32)(H,30,31). The first-order valence-corrected chi connectivity index (χ1v) is 12.5. The van der Waals surface area contributed by atoms with Crippen molar-refractivity contribution in [1.82, 2.24) is 5.32 Å². The van der Waals surface area contributed by atoms with E-state index in [-0.39, 0.29) is 17.2 Å². The fourth-order valence-electron chi connectivity index (χ4n) is 4.30. The van der Waals surface area contributed by atoms with Gasteiger partial charge >= 0.3 is 0 Å². The van der Waals surface area contributed by atoms with Gasteiger partial charge in [0, 0.05) is 22.0 Å². The first kappa shape index (κ1) is 23.5. The number of benzene rings is 2. The molecule has 0 bridgehead atoms. The van der Waals surface area contributed by atoms with Gasteiger partial charge in [0.25, 0.3) is 11.8 Å². The fraction of sp³-hybridized carbons (Fsp3) is 0.333. The number of carbonyl (C=O) groups excluding carboxylic acids is 2. The average Bonchev–Trinajstić information content (AvgIpc) is 3.15. The normalized spacial score (nSPS) is 15.6. The van der Waals surface area contributed by atoms with Crippen molar-refractivity contribution in [2.45, 2.75) is 46.6 Å². The summed E-state index contributed by atoms with van der Waals surface area (Å²) >= 11 is 7.50. The quantitative estimate of drug-likeness (QED) is 0.425. The molecule has 0 fully saturated rings. The van der Waals surface area contributed by atoms with E-state index in [9.17, 15) is 9.59 Å². The number of rotatable bonds is 5. The van der Waals surface area contributed by atoms with E-state index in [4.69, 9.17) is 11.6 Å². The molecule has 1 aromatic heterocycles. The van der Waals surface area contributed by atoms with Crippen LogP contribution < -0.4 is 10.6 Å². The monoisotopic (exact) mass is 480 g/mol. The average molecular weight is 481 g/mol. The van der Waals surface area contributed by atoms with Crippen molar-refractivity contribution in [3.05, 3.63) is 86.8 Å². The van der Waals surface area contributed by atoms with Crippen LogP contribution in [0, 0.1) is 11.3 Å². The highest BCUT2D eigenvalue weighted by molar-refractivity contribution is 7.17. The minimum absolute atomic E-state index is 0.142. The van der Waals surface area contributed by atoms with Crippen LogP contribution in [0.25, 0.3) is 0 Å². The zero-order valence-electron chi connectivity index (χ0n) is 19.2. The van der Waals surface area contributed by atoms with E-state index in [0.717, 1.165) is 30.4 Å². The third kappa shape index (κ3) is 5.48. The number of anilines is 1. The van der Waals surface area contributed by atoms with Crippen LogP contribution in [0.5, 0.6) is 0 Å². The molecule has 2 aromatic carbocycles. The molecule has 33 heavy (non-hydrogen) atoms. The van der Waals surface area contributed by atoms with Gasteiger partial charge in [0.05, 0.1) is 5.56 Å². The first-order chi connectivity index (χ1) is 15.7. The minimum Gasteiger partial charge on any atom is -0.348 e. The Kier molecular flexibility index (Phi) is 6.91. The largest absolute Gasteiger partial charge is 0.348 e. The van der Waals surface area contributed by atoms with Gasteiger partial charge in [-0.05, 0) is 66.0 Å². The number of thiophene rings is 1. The van der Waals surface area contributed by atoms with Gasteiger partial charge in [0.2, 0.25) is 0 Å². The Hall–Kier alpha value is -2.63. The maximum absolute atomic E-state index is 13.3. The molecule has 4 nitrogen and oxygen atoms in total. The Morgan fingerprint density at radius 1 is 1.03 bits per heavy atom. The maximum atomic E-state index is 13.3. The van der Waals surface area contributed by atoms with Crippen molar-refractivity contribution in [3.63, 3.8) is 0 Å². The highest BCUT2D eigenvalue weighted by Crippen LogP contribution is 2.44. The Bertz CT molecular complexity index is 1150. The van der Waals surface area contributed by atoms with Crippen LogP contribution >= 0.6 is 22.9 Å². The van der Waals surface area contributed by atoms with Crippen LogP contribution in [0.2, 0.25) is 5.02 Å². The summed E-state index contributed by atoms with van der Waals surface area (Å²) in [6.07, 6.45) is 2.81. The van der Waals surface area contributed by atoms with Gasteiger partial charge in [-0.1, -0.05) is 62.7 Å². The minimum atomic E-state index is -0.241. The van der Waals surface area contributed by atoms with Crippen LogP contribution in [0.15, 0.2) is 54.6 Å². The molecule has 0 aliphatic heterocycles. The van der Waals surface area contributed by atoms with Gasteiger partial charge in [0.15, 0.2) is 0 Å². The highest BCUT2D eigenvalue weighted by Gasteiger charge is 2.34. The molecule has 0 saturated carbocycles. The topological polar surface area (TPSA) is 58.2 Å². The number of carbonyl (C=O) groups is 2. The lowest BCUT2D eigenvalue weighted by Crippen LogP contribution is -2.28. The summed E-state index contributed by atoms with van der Waals surface area (Å²) in [6.45, 7) is 7.26. The lowest BCUT2D eigenvalue weighted by Gasteiger charge is -2.33. The number of hydrogen-bond acceptors (Lipinski definition) is 3. The third-order valence-corrected chi connectivity index (χ3v) is 7.77. The summed E-state index contributed by atoms with van der Waals surface area (Å²) in [7, 11) is 0. The van der Waals surface area contributed by atoms with E-state index in [1.54, 1.807) is 24.3 Å². The van der Waals surface area contributed by atoms with Crippen molar-refractivity contribution >= 4 is 39.8 Å². The second-order valence-corrected chi connectivity index (χ2v) is 11.2. The molecule has 1 heterocycles. The van der Waals surface area contributed by atoms with Gasteiger partial charge in [-0.3, -0.25) is 9.59 Å². The Labute approximate surface area is 204 Å². The summed E-state index contributed by atoms with van der Waals surface area (Å²) in [6, 6.07) is 16.6. The van der Waals surface area contributed by atoms with Crippen molar-refractivity contribution in [2.75, 3.05) is 5.32 Å². The van der Waals surface area contributed by atoms with E-state index in [1.807, 2.05) is 30.3 Å². The first-order valence-electron chi connectivity index (χ1n) is 11.3. The third-order valence-electron chi connectivity index (χ3n) is 6.35. The predicted octanol–water partition coefficient (Wildman–Crippen LogP) is 6.73. The summed E-state index contributed by atoms with van der Waals surface area (Å²) in [5.74, 6) is 0.162. The molecule has 3 aromatic rings. The maximum Gasteiger partial charge on any atom is 0.256 e. The Morgan fingerprint density at radius 2 is 1.73 bits per heavy atom. The van der Waals surface area contributed by atoms with Crippen LogP contribution in [0.3, 0.4) is 0 Å². The highest BCUT2D eigenvalue weighted by atomic mass is 35.5. The molecule has 172 valence electrons. The van der Waals surface area contributed by atoms with Crippen LogP contribution in [-0.4, -0.2) is 11.8 Å². The second-order valence-electron chi connectivity index (χ2n) is 9.64. The van der Waals surface area contributed by atoms with Crippen LogP contribution in [0.1, 0.15) is 63.9 Å². The summed E-state index contributed by atoms with van der Waals surface area (Å²) in [4.78, 5) is 27.5. The Morgan fingerprint density at radius 3 is 2.39 bits per heavy atom. The molecular weight excluding hydrogens is 452 g/mol. The van der Waals surface area contributed by atoms with Crippen LogP contribution in [-0.2, 0) is 19.4 Å². The van der Waals surface area contributed by atoms with Gasteiger partial charge in [-0.15, -0.1) is 11.3 Å². The summed E-state index contributed by atoms with van der Waals surface area (Å²) in [5.41, 5.74) is 3.44. The van der Waals surface area contributed by atoms with Crippen molar-refractivity contribution in [3.8, 4) is 0 Å². The molecule has 1 aliphatic rings. The molecule has 2 N–H and O–H groups in total. The molecule has 4 rings (SSSR count). The molecule has 1 unspecified atom stereocenters. The van der Waals surface area contributed by atoms with E-state index >= 15 is 0 Å². The van der Waals surface area contributed by atoms with Gasteiger partial charge in [-0.2, -0.15) is 0 Å². The van der Waals surface area contributed by atoms with Crippen LogP contribution in [0.4, 0.5) is 5.00 Å². The van der Waals surface area contributed by atoms with Crippen molar-refractivity contribution < 1.29 is 9.59 Å². The number of hydrogen-bond donors (Lipinski definition) is 2. The number of fused-ring (bicyclic) bond motifs is 1. The zero-order chi connectivity index (χ0) is 23.6. The summed E-state index contributed by atoms with van der Waals surface area (Å²) < 4.78 is 0. The summed E-state index contributed by atoms with van der Waals surface area (Å²) in [5, 5.41) is 7.27. The van der Waals surface area contributed by atoms with E-state index in [2.05, 4.69) is 31.4 Å². The molecule has 1 atom stereocenters. The molecule has 2 amide bonds. The SMILES string of the molecule is CC(C)(C)C1CCc2c(sc(NC(=O)c3ccc(Cl)cc3)c2C(=O)NCc2ccccc2)C1. The molecule has 6 heteroatoms. The van der Waals surface area contributed by atoms with Gasteiger partial charge in [0.1, 0.15) is 5.00 Å². The number of amides is 2. The lowest BCUT2D eigenvalue weighted by atomic mass is 9.72. The molecule has 0 saturated heterocycles. The van der Waals surface area contributed by atoms with E-state index < -0.39 is 0 Å². The van der Waals surface area contributed by atoms with Gasteiger partial charge in [-0.25, -0.2) is 0 Å².